The first-order chi connectivity index (χ1) is 11.5. The molecule has 0 spiro atoms. The first-order valence-electron chi connectivity index (χ1n) is 7.42. The number of nitrogens with two attached hydrogens (primary N) is 1. The van der Waals surface area contributed by atoms with E-state index in [0.29, 0.717) is 16.8 Å². The lowest BCUT2D eigenvalue weighted by Crippen LogP contribution is -2.37. The van der Waals surface area contributed by atoms with Crippen molar-refractivity contribution in [3.63, 3.8) is 0 Å². The highest BCUT2D eigenvalue weighted by Gasteiger charge is 2.21. The summed E-state index contributed by atoms with van der Waals surface area (Å²) in [5, 5.41) is 7.73. The molecule has 0 saturated heterocycles. The molecule has 2 amide bonds. The zero-order valence-corrected chi connectivity index (χ0v) is 13.4. The smallest absolute Gasteiger partial charge is 0.253 e. The van der Waals surface area contributed by atoms with Crippen molar-refractivity contribution in [2.24, 2.45) is 12.8 Å². The maximum absolute atomic E-state index is 12.5. The lowest BCUT2D eigenvalue weighted by Gasteiger charge is -2.15. The van der Waals surface area contributed by atoms with E-state index < -0.39 is 17.9 Å². The summed E-state index contributed by atoms with van der Waals surface area (Å²) >= 11 is 0. The van der Waals surface area contributed by atoms with Crippen LogP contribution in [0.15, 0.2) is 42.6 Å². The second kappa shape index (κ2) is 6.11. The largest absolute Gasteiger partial charge is 0.368 e. The van der Waals surface area contributed by atoms with E-state index in [0.717, 1.165) is 11.1 Å². The van der Waals surface area contributed by atoms with E-state index >= 15 is 0 Å². The van der Waals surface area contributed by atoms with Gasteiger partial charge in [0.05, 0.1) is 11.3 Å². The number of fused-ring (bicyclic) bond motifs is 1. The fraction of sp³-hybridized carbons (Fsp3) is 0.176. The molecule has 1 aromatic carbocycles. The summed E-state index contributed by atoms with van der Waals surface area (Å²) in [6.07, 6.45) is 1.46. The Bertz CT molecular complexity index is 917. The molecule has 0 saturated carbocycles. The molecular weight excluding hydrogens is 306 g/mol. The fourth-order valence-electron chi connectivity index (χ4n) is 2.61. The third kappa shape index (κ3) is 2.83. The number of carbonyl (C=O) groups is 2. The summed E-state index contributed by atoms with van der Waals surface area (Å²) in [4.78, 5) is 28.5. The normalized spacial score (nSPS) is 12.1. The van der Waals surface area contributed by atoms with Gasteiger partial charge in [0.2, 0.25) is 5.91 Å². The van der Waals surface area contributed by atoms with E-state index in [4.69, 9.17) is 5.73 Å². The second-order valence-corrected chi connectivity index (χ2v) is 5.52. The van der Waals surface area contributed by atoms with Crippen molar-refractivity contribution >= 4 is 22.8 Å². The molecule has 0 aliphatic heterocycles. The van der Waals surface area contributed by atoms with Crippen LogP contribution in [0, 0.1) is 6.92 Å². The number of hydrogen-bond donors (Lipinski definition) is 2. The average molecular weight is 323 g/mol. The highest BCUT2D eigenvalue weighted by atomic mass is 16.2. The van der Waals surface area contributed by atoms with Crippen LogP contribution in [-0.2, 0) is 11.8 Å². The van der Waals surface area contributed by atoms with Crippen molar-refractivity contribution in [1.29, 1.82) is 0 Å². The van der Waals surface area contributed by atoms with Crippen molar-refractivity contribution < 1.29 is 9.59 Å². The second-order valence-electron chi connectivity index (χ2n) is 5.52. The molecule has 0 radical (unpaired) electrons. The first kappa shape index (κ1) is 15.7. The summed E-state index contributed by atoms with van der Waals surface area (Å²) in [6, 6.07) is 9.68. The minimum atomic E-state index is -0.899. The van der Waals surface area contributed by atoms with Crippen LogP contribution in [0.4, 0.5) is 0 Å². The Kier molecular flexibility index (Phi) is 3.99. The van der Waals surface area contributed by atoms with E-state index in [1.807, 2.05) is 13.0 Å². The molecule has 2 heterocycles. The quantitative estimate of drug-likeness (QED) is 0.753. The maximum Gasteiger partial charge on any atom is 0.253 e. The fourth-order valence-corrected chi connectivity index (χ4v) is 2.61. The van der Waals surface area contributed by atoms with Gasteiger partial charge in [-0.05, 0) is 18.6 Å². The molecule has 3 N–H and O–H groups in total. The van der Waals surface area contributed by atoms with E-state index in [-0.39, 0.29) is 0 Å². The molecule has 3 aromatic rings. The monoisotopic (exact) mass is 323 g/mol. The Hall–Kier alpha value is -3.22. The van der Waals surface area contributed by atoms with Gasteiger partial charge in [0.15, 0.2) is 5.65 Å². The number of aryl methyl sites for hydroxylation is 2. The molecule has 24 heavy (non-hydrogen) atoms. The zero-order valence-electron chi connectivity index (χ0n) is 13.4. The van der Waals surface area contributed by atoms with Crippen LogP contribution in [0.25, 0.3) is 11.0 Å². The Morgan fingerprint density at radius 1 is 1.25 bits per heavy atom. The molecule has 7 nitrogen and oxygen atoms in total. The van der Waals surface area contributed by atoms with Gasteiger partial charge in [0, 0.05) is 18.6 Å². The zero-order chi connectivity index (χ0) is 17.3. The third-order valence-corrected chi connectivity index (χ3v) is 3.82. The topological polar surface area (TPSA) is 103 Å². The van der Waals surface area contributed by atoms with E-state index in [9.17, 15) is 9.59 Å². The highest BCUT2D eigenvalue weighted by Crippen LogP contribution is 2.18. The van der Waals surface area contributed by atoms with E-state index in [1.165, 1.54) is 6.20 Å². The maximum atomic E-state index is 12.5. The number of rotatable bonds is 4. The highest BCUT2D eigenvalue weighted by molar-refractivity contribution is 5.99. The van der Waals surface area contributed by atoms with E-state index in [2.05, 4.69) is 15.4 Å². The number of nitrogens with zero attached hydrogens (tertiary/aromatic N) is 3. The summed E-state index contributed by atoms with van der Waals surface area (Å²) in [6.45, 7) is 1.85. The van der Waals surface area contributed by atoms with Crippen LogP contribution in [0.2, 0.25) is 0 Å². The minimum absolute atomic E-state index is 0.348. The number of carbonyl (C=O) groups excluding carboxylic acids is 2. The van der Waals surface area contributed by atoms with Crippen molar-refractivity contribution in [3.8, 4) is 0 Å². The molecule has 0 aliphatic rings. The lowest BCUT2D eigenvalue weighted by atomic mass is 10.1. The molecule has 0 aliphatic carbocycles. The Morgan fingerprint density at radius 3 is 2.62 bits per heavy atom. The Balaban J connectivity index is 1.91. The van der Waals surface area contributed by atoms with Gasteiger partial charge in [-0.2, -0.15) is 5.10 Å². The van der Waals surface area contributed by atoms with Gasteiger partial charge in [-0.15, -0.1) is 0 Å². The predicted molar refractivity (Wildman–Crippen MR) is 89.1 cm³/mol. The molecular formula is C17H17N5O2. The summed E-state index contributed by atoms with van der Waals surface area (Å²) in [5.74, 6) is -1.04. The minimum Gasteiger partial charge on any atom is -0.368 e. The van der Waals surface area contributed by atoms with Gasteiger partial charge in [0.1, 0.15) is 6.04 Å². The first-order valence-corrected chi connectivity index (χ1v) is 7.42. The Morgan fingerprint density at radius 2 is 1.96 bits per heavy atom. The lowest BCUT2D eigenvalue weighted by molar-refractivity contribution is -0.120. The number of nitrogens with one attached hydrogen (secondary N) is 1. The standard InChI is InChI=1S/C17H17N5O2/c1-10-13-8-12(9-19-16(13)22(2)21-10)17(24)20-14(15(18)23)11-6-4-3-5-7-11/h3-9,14H,1-2H3,(H2,18,23)(H,20,24)/t14-/m1/s1. The summed E-state index contributed by atoms with van der Waals surface area (Å²) in [7, 11) is 1.79. The van der Waals surface area contributed by atoms with Crippen LogP contribution >= 0.6 is 0 Å². The third-order valence-electron chi connectivity index (χ3n) is 3.82. The average Bonchev–Trinajstić information content (AvgIpc) is 2.87. The van der Waals surface area contributed by atoms with Crippen LogP contribution in [0.1, 0.15) is 27.7 Å². The molecule has 1 atom stereocenters. The molecule has 122 valence electrons. The number of hydrogen-bond acceptors (Lipinski definition) is 4. The summed E-state index contributed by atoms with van der Waals surface area (Å²) < 4.78 is 1.66. The van der Waals surface area contributed by atoms with Crippen molar-refractivity contribution in [3.05, 3.63) is 59.4 Å². The van der Waals surface area contributed by atoms with Gasteiger partial charge >= 0.3 is 0 Å². The number of benzene rings is 1. The van der Waals surface area contributed by atoms with Crippen molar-refractivity contribution in [2.75, 3.05) is 0 Å². The number of pyridine rings is 1. The van der Waals surface area contributed by atoms with Gasteiger partial charge in [-0.1, -0.05) is 30.3 Å². The molecule has 2 aromatic heterocycles. The van der Waals surface area contributed by atoms with Crippen molar-refractivity contribution in [1.82, 2.24) is 20.1 Å². The van der Waals surface area contributed by atoms with Gasteiger partial charge in [0.25, 0.3) is 5.91 Å². The number of aromatic nitrogens is 3. The Labute approximate surface area is 138 Å². The molecule has 0 bridgehead atoms. The van der Waals surface area contributed by atoms with Crippen LogP contribution in [0.5, 0.6) is 0 Å². The SMILES string of the molecule is Cc1nn(C)c2ncc(C(=O)N[C@@H](C(N)=O)c3ccccc3)cc12. The van der Waals surface area contributed by atoms with Crippen LogP contribution in [-0.4, -0.2) is 26.6 Å². The number of amides is 2. The van der Waals surface area contributed by atoms with Crippen LogP contribution in [0.3, 0.4) is 0 Å². The predicted octanol–water partition coefficient (Wildman–Crippen LogP) is 1.23. The molecule has 0 unspecified atom stereocenters. The molecule has 7 heteroatoms. The summed E-state index contributed by atoms with van der Waals surface area (Å²) in [5.41, 5.74) is 7.88. The van der Waals surface area contributed by atoms with Gasteiger partial charge in [-0.25, -0.2) is 4.98 Å². The van der Waals surface area contributed by atoms with Crippen molar-refractivity contribution in [2.45, 2.75) is 13.0 Å². The molecule has 0 fully saturated rings. The number of primary amides is 1. The molecule has 3 rings (SSSR count). The van der Waals surface area contributed by atoms with Crippen LogP contribution < -0.4 is 11.1 Å². The van der Waals surface area contributed by atoms with E-state index in [1.54, 1.807) is 42.1 Å². The van der Waals surface area contributed by atoms with Gasteiger partial charge < -0.3 is 11.1 Å². The van der Waals surface area contributed by atoms with Gasteiger partial charge in [-0.3, -0.25) is 14.3 Å².